The summed E-state index contributed by atoms with van der Waals surface area (Å²) >= 11 is 0. The van der Waals surface area contributed by atoms with Crippen molar-refractivity contribution in [2.24, 2.45) is 0 Å². The van der Waals surface area contributed by atoms with Crippen molar-refractivity contribution < 1.29 is 9.31 Å². The zero-order valence-corrected chi connectivity index (χ0v) is 14.2. The molecule has 1 rings (SSSR count). The first-order valence-corrected chi connectivity index (χ1v) is 7.56. The van der Waals surface area contributed by atoms with E-state index in [4.69, 9.17) is 9.31 Å². The van der Waals surface area contributed by atoms with Gasteiger partial charge in [0.05, 0.1) is 11.2 Å². The highest BCUT2D eigenvalue weighted by Gasteiger charge is 2.51. The Kier molecular flexibility index (Phi) is 5.45. The minimum absolute atomic E-state index is 0.292. The molecule has 0 aromatic rings. The molecule has 0 bridgehead atoms. The van der Waals surface area contributed by atoms with Gasteiger partial charge in [-0.15, -0.1) is 0 Å². The van der Waals surface area contributed by atoms with Crippen LogP contribution in [0.5, 0.6) is 0 Å². The molecule has 0 N–H and O–H groups in total. The first-order valence-electron chi connectivity index (χ1n) is 7.56. The highest BCUT2D eigenvalue weighted by atomic mass is 16.7. The minimum atomic E-state index is -0.298. The number of hydrogen-bond acceptors (Lipinski definition) is 2. The highest BCUT2D eigenvalue weighted by Crippen LogP contribution is 2.39. The van der Waals surface area contributed by atoms with Crippen LogP contribution >= 0.6 is 0 Å². The van der Waals surface area contributed by atoms with E-state index >= 15 is 0 Å². The van der Waals surface area contributed by atoms with Crippen LogP contribution in [0.15, 0.2) is 35.3 Å². The molecule has 20 heavy (non-hydrogen) atoms. The van der Waals surface area contributed by atoms with E-state index in [-0.39, 0.29) is 18.3 Å². The fraction of sp³-hybridized carbons (Fsp3) is 0.647. The van der Waals surface area contributed by atoms with E-state index in [0.29, 0.717) is 0 Å². The van der Waals surface area contributed by atoms with Crippen molar-refractivity contribution in [3.63, 3.8) is 0 Å². The van der Waals surface area contributed by atoms with Crippen molar-refractivity contribution in [1.82, 2.24) is 0 Å². The van der Waals surface area contributed by atoms with E-state index in [1.54, 1.807) is 0 Å². The molecule has 112 valence electrons. The van der Waals surface area contributed by atoms with Crippen molar-refractivity contribution in [2.75, 3.05) is 0 Å². The van der Waals surface area contributed by atoms with Gasteiger partial charge in [0.1, 0.15) is 0 Å². The maximum Gasteiger partial charge on any atom is 0.494 e. The summed E-state index contributed by atoms with van der Waals surface area (Å²) in [4.78, 5) is 0. The summed E-state index contributed by atoms with van der Waals surface area (Å²) in [5.41, 5.74) is 2.85. The fourth-order valence-corrected chi connectivity index (χ4v) is 2.07. The van der Waals surface area contributed by atoms with Gasteiger partial charge in [-0.25, -0.2) is 0 Å². The molecule has 1 fully saturated rings. The van der Waals surface area contributed by atoms with Crippen LogP contribution in [-0.2, 0) is 9.31 Å². The van der Waals surface area contributed by atoms with Crippen LogP contribution in [0.4, 0.5) is 0 Å². The Morgan fingerprint density at radius 3 is 2.00 bits per heavy atom. The van der Waals surface area contributed by atoms with Crippen LogP contribution in [0.1, 0.15) is 61.3 Å². The summed E-state index contributed by atoms with van der Waals surface area (Å²) in [5.74, 6) is 0. The number of rotatable bonds is 5. The van der Waals surface area contributed by atoms with E-state index in [9.17, 15) is 0 Å². The largest absolute Gasteiger partial charge is 0.494 e. The summed E-state index contributed by atoms with van der Waals surface area (Å²) in [6.07, 6.45) is 6.25. The topological polar surface area (TPSA) is 18.5 Å². The summed E-state index contributed by atoms with van der Waals surface area (Å²) in [6.45, 7) is 18.8. The third-order valence-corrected chi connectivity index (χ3v) is 4.33. The maximum atomic E-state index is 6.13. The van der Waals surface area contributed by atoms with Crippen LogP contribution < -0.4 is 0 Å². The molecular weight excluding hydrogens is 247 g/mol. The maximum absolute atomic E-state index is 6.13. The second kappa shape index (κ2) is 6.32. The Morgan fingerprint density at radius 2 is 1.60 bits per heavy atom. The minimum Gasteiger partial charge on any atom is -0.399 e. The number of allylic oxidation sites excluding steroid dienone is 5. The lowest BCUT2D eigenvalue weighted by Crippen LogP contribution is -2.41. The van der Waals surface area contributed by atoms with E-state index < -0.39 is 0 Å². The average molecular weight is 276 g/mol. The van der Waals surface area contributed by atoms with Gasteiger partial charge >= 0.3 is 7.12 Å². The van der Waals surface area contributed by atoms with Crippen LogP contribution in [0.3, 0.4) is 0 Å². The Morgan fingerprint density at radius 1 is 1.10 bits per heavy atom. The summed E-state index contributed by atoms with van der Waals surface area (Å²) in [6, 6.07) is 0. The van der Waals surface area contributed by atoms with Gasteiger partial charge in [-0.2, -0.15) is 0 Å². The average Bonchev–Trinajstić information content (AvgIpc) is 2.56. The van der Waals surface area contributed by atoms with Crippen molar-refractivity contribution in [3.05, 3.63) is 35.3 Å². The zero-order chi connectivity index (χ0) is 15.6. The lowest BCUT2D eigenvalue weighted by molar-refractivity contribution is 0.00578. The smallest absolute Gasteiger partial charge is 0.399 e. The molecule has 0 aromatic carbocycles. The molecule has 0 aromatic heterocycles. The predicted molar refractivity (Wildman–Crippen MR) is 87.6 cm³/mol. The predicted octanol–water partition coefficient (Wildman–Crippen LogP) is 4.87. The molecule has 1 aliphatic rings. The molecule has 0 unspecified atom stereocenters. The van der Waals surface area contributed by atoms with Gasteiger partial charge in [-0.1, -0.05) is 38.2 Å². The van der Waals surface area contributed by atoms with E-state index in [1.165, 1.54) is 5.57 Å². The molecular formula is C17H29BO2. The Hall–Kier alpha value is -0.795. The van der Waals surface area contributed by atoms with Crippen LogP contribution in [0.25, 0.3) is 0 Å². The Labute approximate surface area is 125 Å². The molecule has 0 saturated carbocycles. The lowest BCUT2D eigenvalue weighted by Gasteiger charge is -2.32. The monoisotopic (exact) mass is 276 g/mol. The van der Waals surface area contributed by atoms with Gasteiger partial charge < -0.3 is 9.31 Å². The molecule has 1 heterocycles. The Bertz CT molecular complexity index is 414. The van der Waals surface area contributed by atoms with Gasteiger partial charge in [0.25, 0.3) is 0 Å². The van der Waals surface area contributed by atoms with Gasteiger partial charge in [0.2, 0.25) is 0 Å². The zero-order valence-electron chi connectivity index (χ0n) is 14.2. The standard InChI is InChI=1S/C17H29BO2/c1-9-11-15(12-14(4)13(3)10-2)18-19-16(5,6)17(7,8)20-18/h11-12H,3,9-10H2,1-2,4-8H3/b14-12?,15-11+. The van der Waals surface area contributed by atoms with Crippen LogP contribution in [0, 0.1) is 0 Å². The highest BCUT2D eigenvalue weighted by molar-refractivity contribution is 6.55. The van der Waals surface area contributed by atoms with Crippen molar-refractivity contribution in [3.8, 4) is 0 Å². The first-order chi connectivity index (χ1) is 9.14. The second-order valence-electron chi connectivity index (χ2n) is 6.49. The van der Waals surface area contributed by atoms with Gasteiger partial charge in [-0.05, 0) is 58.5 Å². The van der Waals surface area contributed by atoms with Gasteiger partial charge in [-0.3, -0.25) is 0 Å². The Balaban J connectivity index is 3.02. The normalized spacial score (nSPS) is 22.2. The molecule has 0 radical (unpaired) electrons. The molecule has 0 atom stereocenters. The third-order valence-electron chi connectivity index (χ3n) is 4.33. The van der Waals surface area contributed by atoms with E-state index in [0.717, 1.165) is 23.9 Å². The molecule has 1 saturated heterocycles. The quantitative estimate of drug-likeness (QED) is 0.527. The van der Waals surface area contributed by atoms with E-state index in [2.05, 4.69) is 67.2 Å². The SMILES string of the molecule is C=C(CC)C(C)=C/C(=C\CC)B1OC(C)(C)C(C)(C)O1. The van der Waals surface area contributed by atoms with E-state index in [1.807, 2.05) is 0 Å². The summed E-state index contributed by atoms with van der Waals surface area (Å²) < 4.78 is 12.3. The van der Waals surface area contributed by atoms with Crippen LogP contribution in [-0.4, -0.2) is 18.3 Å². The second-order valence-corrected chi connectivity index (χ2v) is 6.49. The number of hydrogen-bond donors (Lipinski definition) is 0. The molecule has 2 nitrogen and oxygen atoms in total. The molecule has 0 aliphatic carbocycles. The lowest BCUT2D eigenvalue weighted by atomic mass is 9.76. The molecule has 1 aliphatic heterocycles. The fourth-order valence-electron chi connectivity index (χ4n) is 2.07. The van der Waals surface area contributed by atoms with Gasteiger partial charge in [0.15, 0.2) is 0 Å². The first kappa shape index (κ1) is 17.3. The molecule has 0 spiro atoms. The molecule has 0 amide bonds. The van der Waals surface area contributed by atoms with Crippen LogP contribution in [0.2, 0.25) is 0 Å². The van der Waals surface area contributed by atoms with Crippen molar-refractivity contribution in [1.29, 1.82) is 0 Å². The summed E-state index contributed by atoms with van der Waals surface area (Å²) in [7, 11) is -0.292. The summed E-state index contributed by atoms with van der Waals surface area (Å²) in [5, 5.41) is 0. The van der Waals surface area contributed by atoms with Gasteiger partial charge in [0, 0.05) is 0 Å². The van der Waals surface area contributed by atoms with Crippen molar-refractivity contribution >= 4 is 7.12 Å². The molecule has 3 heteroatoms. The third kappa shape index (κ3) is 3.65. The van der Waals surface area contributed by atoms with Crippen molar-refractivity contribution in [2.45, 2.75) is 72.5 Å².